The maximum absolute atomic E-state index is 11.8. The highest BCUT2D eigenvalue weighted by atomic mass is 35.5. The highest BCUT2D eigenvalue weighted by Gasteiger charge is 2.16. The summed E-state index contributed by atoms with van der Waals surface area (Å²) < 4.78 is 0. The van der Waals surface area contributed by atoms with Crippen molar-refractivity contribution in [2.45, 2.75) is 38.3 Å². The third kappa shape index (κ3) is 5.65. The Bertz CT molecular complexity index is 506. The fourth-order valence-electron chi connectivity index (χ4n) is 2.24. The first-order valence-electron chi connectivity index (χ1n) is 7.73. The molecule has 2 rings (SSSR count). The van der Waals surface area contributed by atoms with E-state index in [9.17, 15) is 4.79 Å². The Morgan fingerprint density at radius 3 is 2.82 bits per heavy atom. The lowest BCUT2D eigenvalue weighted by molar-refractivity contribution is -0.118. The molecule has 0 radical (unpaired) electrons. The van der Waals surface area contributed by atoms with Crippen LogP contribution in [-0.4, -0.2) is 41.3 Å². The molecule has 122 valence electrons. The van der Waals surface area contributed by atoms with Crippen molar-refractivity contribution < 1.29 is 4.79 Å². The molecule has 1 N–H and O–H groups in total. The highest BCUT2D eigenvalue weighted by Crippen LogP contribution is 2.24. The van der Waals surface area contributed by atoms with Crippen LogP contribution in [0, 0.1) is 5.92 Å². The van der Waals surface area contributed by atoms with E-state index in [4.69, 9.17) is 11.6 Å². The first kappa shape index (κ1) is 17.3. The normalized spacial score (nSPS) is 14.6. The highest BCUT2D eigenvalue weighted by molar-refractivity contribution is 7.99. The van der Waals surface area contributed by atoms with E-state index in [0.29, 0.717) is 28.5 Å². The van der Waals surface area contributed by atoms with Crippen LogP contribution >= 0.6 is 23.4 Å². The minimum absolute atomic E-state index is 0.0111. The zero-order valence-electron chi connectivity index (χ0n) is 13.1. The fourth-order valence-corrected chi connectivity index (χ4v) is 3.15. The molecule has 0 bridgehead atoms. The van der Waals surface area contributed by atoms with Crippen molar-refractivity contribution in [2.24, 2.45) is 5.92 Å². The van der Waals surface area contributed by atoms with Crippen LogP contribution in [0.3, 0.4) is 0 Å². The molecule has 1 fully saturated rings. The van der Waals surface area contributed by atoms with Crippen molar-refractivity contribution in [2.75, 3.05) is 30.3 Å². The number of carbonyl (C=O) groups is 1. The summed E-state index contributed by atoms with van der Waals surface area (Å²) in [5, 5.41) is 3.90. The summed E-state index contributed by atoms with van der Waals surface area (Å²) in [5.74, 6) is 1.78. The first-order valence-corrected chi connectivity index (χ1v) is 9.10. The third-order valence-corrected chi connectivity index (χ3v) is 4.51. The fraction of sp³-hybridized carbons (Fsp3) is 0.667. The molecule has 0 unspecified atom stereocenters. The van der Waals surface area contributed by atoms with Crippen LogP contribution in [0.15, 0.2) is 11.2 Å². The van der Waals surface area contributed by atoms with Crippen LogP contribution in [0.2, 0.25) is 5.15 Å². The minimum Gasteiger partial charge on any atom is -0.356 e. The molecule has 1 aliphatic heterocycles. The molecule has 1 aromatic rings. The zero-order chi connectivity index (χ0) is 15.9. The first-order chi connectivity index (χ1) is 10.5. The zero-order valence-corrected chi connectivity index (χ0v) is 14.7. The van der Waals surface area contributed by atoms with Crippen LogP contribution in [0.4, 0.5) is 5.82 Å². The number of amides is 1. The predicted octanol–water partition coefficient (Wildman–Crippen LogP) is 2.98. The van der Waals surface area contributed by atoms with Gasteiger partial charge in [0.05, 0.1) is 5.75 Å². The molecule has 22 heavy (non-hydrogen) atoms. The van der Waals surface area contributed by atoms with Gasteiger partial charge in [-0.1, -0.05) is 37.2 Å². The number of nitrogens with one attached hydrogen (secondary N) is 1. The van der Waals surface area contributed by atoms with E-state index in [0.717, 1.165) is 25.3 Å². The molecule has 0 aliphatic carbocycles. The predicted molar refractivity (Wildman–Crippen MR) is 91.7 cm³/mol. The number of carbonyl (C=O) groups excluding carboxylic acids is 1. The SMILES string of the molecule is CC(C)CCNC(=O)CSc1nc(Cl)cc(N2CCCC2)n1. The molecule has 1 saturated heterocycles. The lowest BCUT2D eigenvalue weighted by Gasteiger charge is -2.16. The Kier molecular flexibility index (Phi) is 6.76. The molecule has 2 heterocycles. The second-order valence-electron chi connectivity index (χ2n) is 5.85. The molecule has 1 amide bonds. The van der Waals surface area contributed by atoms with Gasteiger partial charge in [-0.2, -0.15) is 0 Å². The Labute approximate surface area is 141 Å². The van der Waals surface area contributed by atoms with Gasteiger partial charge in [0.15, 0.2) is 5.16 Å². The second kappa shape index (κ2) is 8.58. The summed E-state index contributed by atoms with van der Waals surface area (Å²) in [6.07, 6.45) is 3.36. The van der Waals surface area contributed by atoms with Gasteiger partial charge in [0.2, 0.25) is 5.91 Å². The maximum atomic E-state index is 11.8. The summed E-state index contributed by atoms with van der Waals surface area (Å²) in [6, 6.07) is 1.79. The summed E-state index contributed by atoms with van der Waals surface area (Å²) in [6.45, 7) is 7.01. The standard InChI is InChI=1S/C15H23ClN4OS/c1-11(2)5-6-17-14(21)10-22-15-18-12(16)9-13(19-15)20-7-3-4-8-20/h9,11H,3-8,10H2,1-2H3,(H,17,21). The van der Waals surface area contributed by atoms with Crippen molar-refractivity contribution >= 4 is 35.1 Å². The molecule has 0 saturated carbocycles. The van der Waals surface area contributed by atoms with Crippen molar-refractivity contribution in [3.8, 4) is 0 Å². The van der Waals surface area contributed by atoms with Crippen LogP contribution < -0.4 is 10.2 Å². The maximum Gasteiger partial charge on any atom is 0.230 e. The number of hydrogen-bond donors (Lipinski definition) is 1. The van der Waals surface area contributed by atoms with Gasteiger partial charge >= 0.3 is 0 Å². The van der Waals surface area contributed by atoms with Crippen LogP contribution in [0.5, 0.6) is 0 Å². The number of hydrogen-bond acceptors (Lipinski definition) is 5. The topological polar surface area (TPSA) is 58.1 Å². The lowest BCUT2D eigenvalue weighted by atomic mass is 10.1. The van der Waals surface area contributed by atoms with Crippen LogP contribution in [-0.2, 0) is 4.79 Å². The monoisotopic (exact) mass is 342 g/mol. The summed E-state index contributed by atoms with van der Waals surface area (Å²) in [7, 11) is 0. The minimum atomic E-state index is 0.0111. The molecule has 0 aromatic carbocycles. The Morgan fingerprint density at radius 2 is 2.14 bits per heavy atom. The molecule has 5 nitrogen and oxygen atoms in total. The summed E-state index contributed by atoms with van der Waals surface area (Å²) in [5.41, 5.74) is 0. The number of halogens is 1. The molecule has 0 atom stereocenters. The number of rotatable bonds is 7. The van der Waals surface area contributed by atoms with Gasteiger partial charge in [-0.05, 0) is 25.2 Å². The average Bonchev–Trinajstić information content (AvgIpc) is 2.98. The second-order valence-corrected chi connectivity index (χ2v) is 7.18. The molecular weight excluding hydrogens is 320 g/mol. The molecule has 0 spiro atoms. The molecule has 1 aliphatic rings. The molecule has 1 aromatic heterocycles. The lowest BCUT2D eigenvalue weighted by Crippen LogP contribution is -2.27. The van der Waals surface area contributed by atoms with Crippen molar-refractivity contribution in [3.63, 3.8) is 0 Å². The number of aromatic nitrogens is 2. The largest absolute Gasteiger partial charge is 0.356 e. The van der Waals surface area contributed by atoms with Crippen molar-refractivity contribution in [3.05, 3.63) is 11.2 Å². The van der Waals surface area contributed by atoms with Gasteiger partial charge in [-0.3, -0.25) is 4.79 Å². The van der Waals surface area contributed by atoms with E-state index >= 15 is 0 Å². The number of nitrogens with zero attached hydrogens (tertiary/aromatic N) is 3. The van der Waals surface area contributed by atoms with Gasteiger partial charge in [-0.25, -0.2) is 9.97 Å². The Hall–Kier alpha value is -1.01. The van der Waals surface area contributed by atoms with Gasteiger partial charge in [0.1, 0.15) is 11.0 Å². The van der Waals surface area contributed by atoms with Crippen LogP contribution in [0.25, 0.3) is 0 Å². The van der Waals surface area contributed by atoms with Gasteiger partial charge in [0.25, 0.3) is 0 Å². The Balaban J connectivity index is 1.85. The summed E-state index contributed by atoms with van der Waals surface area (Å²) >= 11 is 7.40. The summed E-state index contributed by atoms with van der Waals surface area (Å²) in [4.78, 5) is 22.7. The van der Waals surface area contributed by atoms with Crippen molar-refractivity contribution in [1.29, 1.82) is 0 Å². The smallest absolute Gasteiger partial charge is 0.230 e. The van der Waals surface area contributed by atoms with E-state index in [1.165, 1.54) is 24.6 Å². The van der Waals surface area contributed by atoms with Crippen LogP contribution in [0.1, 0.15) is 33.1 Å². The Morgan fingerprint density at radius 1 is 1.41 bits per heavy atom. The van der Waals surface area contributed by atoms with E-state index in [1.807, 2.05) is 0 Å². The van der Waals surface area contributed by atoms with E-state index in [1.54, 1.807) is 6.07 Å². The van der Waals surface area contributed by atoms with E-state index in [2.05, 4.69) is 34.0 Å². The van der Waals surface area contributed by atoms with Gasteiger partial charge in [-0.15, -0.1) is 0 Å². The molecule has 7 heteroatoms. The van der Waals surface area contributed by atoms with Gasteiger partial charge in [0, 0.05) is 25.7 Å². The van der Waals surface area contributed by atoms with Gasteiger partial charge < -0.3 is 10.2 Å². The third-order valence-electron chi connectivity index (χ3n) is 3.47. The quantitative estimate of drug-likeness (QED) is 0.469. The molecular formula is C15H23ClN4OS. The van der Waals surface area contributed by atoms with E-state index < -0.39 is 0 Å². The van der Waals surface area contributed by atoms with E-state index in [-0.39, 0.29) is 5.91 Å². The number of anilines is 1. The average molecular weight is 343 g/mol. The van der Waals surface area contributed by atoms with Crippen molar-refractivity contribution in [1.82, 2.24) is 15.3 Å². The number of thioether (sulfide) groups is 1.